The standard InChI is InChI=1S/C13H15N3OS/c1-8-4-2-5-9(11(8)14)13-15-12(16-17-13)10-6-3-7-18-10/h2,4-5,10H,3,6-7,14H2,1H3. The van der Waals surface area contributed by atoms with Crippen molar-refractivity contribution in [1.82, 2.24) is 10.1 Å². The molecule has 1 saturated heterocycles. The fraction of sp³-hybridized carbons (Fsp3) is 0.385. The van der Waals surface area contributed by atoms with Crippen LogP contribution in [0.1, 0.15) is 29.5 Å². The van der Waals surface area contributed by atoms with Crippen LogP contribution in [0.4, 0.5) is 5.69 Å². The molecular formula is C13H15N3OS. The van der Waals surface area contributed by atoms with Gasteiger partial charge in [0, 0.05) is 5.69 Å². The van der Waals surface area contributed by atoms with E-state index < -0.39 is 0 Å². The van der Waals surface area contributed by atoms with Crippen molar-refractivity contribution in [2.75, 3.05) is 11.5 Å². The first-order valence-electron chi connectivity index (χ1n) is 6.06. The summed E-state index contributed by atoms with van der Waals surface area (Å²) in [5.74, 6) is 2.51. The van der Waals surface area contributed by atoms with Gasteiger partial charge in [-0.1, -0.05) is 17.3 Å². The molecule has 0 radical (unpaired) electrons. The fourth-order valence-electron chi connectivity index (χ4n) is 2.12. The predicted molar refractivity (Wildman–Crippen MR) is 73.3 cm³/mol. The van der Waals surface area contributed by atoms with Crippen molar-refractivity contribution < 1.29 is 4.52 Å². The van der Waals surface area contributed by atoms with Gasteiger partial charge in [0.25, 0.3) is 5.89 Å². The Kier molecular flexibility index (Phi) is 2.99. The number of para-hydroxylation sites is 1. The third kappa shape index (κ3) is 1.99. The quantitative estimate of drug-likeness (QED) is 0.841. The van der Waals surface area contributed by atoms with Crippen LogP contribution in [-0.2, 0) is 0 Å². The van der Waals surface area contributed by atoms with Gasteiger partial charge in [0.1, 0.15) is 0 Å². The highest BCUT2D eigenvalue weighted by atomic mass is 32.2. The maximum absolute atomic E-state index is 6.04. The molecule has 18 heavy (non-hydrogen) atoms. The first-order chi connectivity index (χ1) is 8.75. The minimum atomic E-state index is 0.383. The molecule has 4 nitrogen and oxygen atoms in total. The lowest BCUT2D eigenvalue weighted by molar-refractivity contribution is 0.421. The molecule has 2 N–H and O–H groups in total. The zero-order valence-electron chi connectivity index (χ0n) is 10.2. The van der Waals surface area contributed by atoms with Gasteiger partial charge in [-0.2, -0.15) is 16.7 Å². The largest absolute Gasteiger partial charge is 0.398 e. The topological polar surface area (TPSA) is 64.9 Å². The van der Waals surface area contributed by atoms with Gasteiger partial charge in [0.2, 0.25) is 0 Å². The van der Waals surface area contributed by atoms with E-state index in [0.29, 0.717) is 16.8 Å². The minimum absolute atomic E-state index is 0.383. The highest BCUT2D eigenvalue weighted by Crippen LogP contribution is 2.39. The van der Waals surface area contributed by atoms with Crippen LogP contribution in [0.25, 0.3) is 11.5 Å². The molecule has 1 aliphatic heterocycles. The summed E-state index contributed by atoms with van der Waals surface area (Å²) in [5, 5.41) is 4.47. The molecule has 0 saturated carbocycles. The molecule has 2 aromatic rings. The number of hydrogen-bond donors (Lipinski definition) is 1. The molecular weight excluding hydrogens is 246 g/mol. The Balaban J connectivity index is 1.95. The normalized spacial score (nSPS) is 19.3. The molecule has 1 aliphatic rings. The molecule has 0 spiro atoms. The van der Waals surface area contributed by atoms with Crippen LogP contribution in [0.15, 0.2) is 22.7 Å². The number of nitrogens with two attached hydrogens (primary N) is 1. The summed E-state index contributed by atoms with van der Waals surface area (Å²) in [6.07, 6.45) is 2.36. The van der Waals surface area contributed by atoms with E-state index >= 15 is 0 Å². The molecule has 5 heteroatoms. The maximum atomic E-state index is 6.04. The molecule has 1 aromatic carbocycles. The van der Waals surface area contributed by atoms with Crippen molar-refractivity contribution in [3.05, 3.63) is 29.6 Å². The minimum Gasteiger partial charge on any atom is -0.398 e. The molecule has 0 aliphatic carbocycles. The summed E-state index contributed by atoms with van der Waals surface area (Å²) in [6.45, 7) is 1.98. The summed E-state index contributed by atoms with van der Waals surface area (Å²) < 4.78 is 5.34. The lowest BCUT2D eigenvalue weighted by Gasteiger charge is -2.03. The van der Waals surface area contributed by atoms with Gasteiger partial charge in [-0.05, 0) is 37.1 Å². The van der Waals surface area contributed by atoms with Crippen LogP contribution in [0.2, 0.25) is 0 Å². The molecule has 1 unspecified atom stereocenters. The molecule has 0 amide bonds. The van der Waals surface area contributed by atoms with Crippen LogP contribution in [0.5, 0.6) is 0 Å². The third-order valence-electron chi connectivity index (χ3n) is 3.21. The van der Waals surface area contributed by atoms with Gasteiger partial charge < -0.3 is 10.3 Å². The van der Waals surface area contributed by atoms with Gasteiger partial charge >= 0.3 is 0 Å². The van der Waals surface area contributed by atoms with Gasteiger partial charge in [0.05, 0.1) is 10.8 Å². The molecule has 1 fully saturated rings. The van der Waals surface area contributed by atoms with Crippen LogP contribution in [-0.4, -0.2) is 15.9 Å². The van der Waals surface area contributed by atoms with Gasteiger partial charge in [0.15, 0.2) is 5.82 Å². The number of nitrogens with zero attached hydrogens (tertiary/aromatic N) is 2. The van der Waals surface area contributed by atoms with Crippen molar-refractivity contribution in [2.45, 2.75) is 25.0 Å². The van der Waals surface area contributed by atoms with Crippen molar-refractivity contribution in [2.24, 2.45) is 0 Å². The average Bonchev–Trinajstić information content (AvgIpc) is 3.01. The van der Waals surface area contributed by atoms with E-state index in [2.05, 4.69) is 10.1 Å². The van der Waals surface area contributed by atoms with Crippen LogP contribution < -0.4 is 5.73 Å². The Hall–Kier alpha value is -1.49. The second-order valence-electron chi connectivity index (χ2n) is 4.50. The first kappa shape index (κ1) is 11.6. The maximum Gasteiger partial charge on any atom is 0.260 e. The molecule has 1 atom stereocenters. The Morgan fingerprint density at radius 1 is 1.44 bits per heavy atom. The number of rotatable bonds is 2. The molecule has 1 aromatic heterocycles. The Morgan fingerprint density at radius 2 is 2.33 bits per heavy atom. The number of benzene rings is 1. The van der Waals surface area contributed by atoms with Crippen molar-refractivity contribution in [1.29, 1.82) is 0 Å². The molecule has 2 heterocycles. The summed E-state index contributed by atoms with van der Waals surface area (Å²) >= 11 is 1.90. The smallest absolute Gasteiger partial charge is 0.260 e. The van der Waals surface area contributed by atoms with E-state index in [0.717, 1.165) is 23.4 Å². The number of anilines is 1. The first-order valence-corrected chi connectivity index (χ1v) is 7.11. The SMILES string of the molecule is Cc1cccc(-c2nc(C3CCCS3)no2)c1N. The van der Waals surface area contributed by atoms with E-state index in [1.54, 1.807) is 0 Å². The van der Waals surface area contributed by atoms with Crippen molar-refractivity contribution in [3.63, 3.8) is 0 Å². The van der Waals surface area contributed by atoms with Crippen molar-refractivity contribution in [3.8, 4) is 11.5 Å². The second kappa shape index (κ2) is 4.65. The number of aryl methyl sites for hydroxylation is 1. The zero-order valence-corrected chi connectivity index (χ0v) is 11.0. The van der Waals surface area contributed by atoms with Gasteiger partial charge in [-0.25, -0.2) is 0 Å². The van der Waals surface area contributed by atoms with Crippen LogP contribution >= 0.6 is 11.8 Å². The van der Waals surface area contributed by atoms with E-state index in [-0.39, 0.29) is 0 Å². The molecule has 94 valence electrons. The Morgan fingerprint density at radius 3 is 3.11 bits per heavy atom. The summed E-state index contributed by atoms with van der Waals surface area (Å²) in [5.41, 5.74) is 8.62. The zero-order chi connectivity index (χ0) is 12.5. The Bertz CT molecular complexity index is 561. The molecule has 0 bridgehead atoms. The number of hydrogen-bond acceptors (Lipinski definition) is 5. The van der Waals surface area contributed by atoms with Gasteiger partial charge in [-0.15, -0.1) is 0 Å². The van der Waals surface area contributed by atoms with E-state index in [4.69, 9.17) is 10.3 Å². The van der Waals surface area contributed by atoms with Gasteiger partial charge in [-0.3, -0.25) is 0 Å². The third-order valence-corrected chi connectivity index (χ3v) is 4.59. The van der Waals surface area contributed by atoms with Crippen molar-refractivity contribution >= 4 is 17.4 Å². The highest BCUT2D eigenvalue weighted by Gasteiger charge is 2.23. The second-order valence-corrected chi connectivity index (χ2v) is 5.81. The number of nitrogen functional groups attached to an aromatic ring is 1. The lowest BCUT2D eigenvalue weighted by Crippen LogP contribution is -1.94. The Labute approximate surface area is 110 Å². The lowest BCUT2D eigenvalue weighted by atomic mass is 10.1. The van der Waals surface area contributed by atoms with Crippen LogP contribution in [0, 0.1) is 6.92 Å². The van der Waals surface area contributed by atoms with E-state index in [9.17, 15) is 0 Å². The highest BCUT2D eigenvalue weighted by molar-refractivity contribution is 7.99. The van der Waals surface area contributed by atoms with Crippen LogP contribution in [0.3, 0.4) is 0 Å². The summed E-state index contributed by atoms with van der Waals surface area (Å²) in [6, 6.07) is 5.85. The summed E-state index contributed by atoms with van der Waals surface area (Å²) in [7, 11) is 0. The van der Waals surface area contributed by atoms with E-state index in [1.807, 2.05) is 36.9 Å². The fourth-order valence-corrected chi connectivity index (χ4v) is 3.32. The molecule has 3 rings (SSSR count). The summed E-state index contributed by atoms with van der Waals surface area (Å²) in [4.78, 5) is 4.49. The monoisotopic (exact) mass is 261 g/mol. The number of aromatic nitrogens is 2. The predicted octanol–water partition coefficient (Wildman–Crippen LogP) is 3.20. The van der Waals surface area contributed by atoms with E-state index in [1.165, 1.54) is 12.2 Å². The number of thioether (sulfide) groups is 1. The average molecular weight is 261 g/mol.